The SMILES string of the molecule is COc1ccc(NC(=O)Cn2cnc3scc(-c4ccc5ccccc5c4)c3c2=O)cc1. The van der Waals surface area contributed by atoms with Crippen molar-refractivity contribution in [1.29, 1.82) is 0 Å². The van der Waals surface area contributed by atoms with Crippen molar-refractivity contribution in [1.82, 2.24) is 9.55 Å². The molecular weight excluding hydrogens is 422 g/mol. The number of benzene rings is 3. The highest BCUT2D eigenvalue weighted by Crippen LogP contribution is 2.32. The van der Waals surface area contributed by atoms with Gasteiger partial charge in [0, 0.05) is 16.6 Å². The number of carbonyl (C=O) groups is 1. The van der Waals surface area contributed by atoms with Crippen LogP contribution in [0.1, 0.15) is 0 Å². The molecule has 0 radical (unpaired) electrons. The van der Waals surface area contributed by atoms with Crippen LogP contribution in [0.3, 0.4) is 0 Å². The number of aromatic nitrogens is 2. The molecule has 0 bridgehead atoms. The number of hydrogen-bond acceptors (Lipinski definition) is 5. The summed E-state index contributed by atoms with van der Waals surface area (Å²) in [6.45, 7) is -0.124. The Morgan fingerprint density at radius 1 is 1.06 bits per heavy atom. The molecule has 32 heavy (non-hydrogen) atoms. The molecule has 158 valence electrons. The number of fused-ring (bicyclic) bond motifs is 2. The van der Waals surface area contributed by atoms with Gasteiger partial charge in [-0.05, 0) is 46.7 Å². The van der Waals surface area contributed by atoms with Gasteiger partial charge in [-0.2, -0.15) is 0 Å². The number of nitrogens with zero attached hydrogens (tertiary/aromatic N) is 2. The minimum atomic E-state index is -0.305. The van der Waals surface area contributed by atoms with Crippen LogP contribution in [-0.2, 0) is 11.3 Å². The molecule has 0 atom stereocenters. The van der Waals surface area contributed by atoms with Gasteiger partial charge >= 0.3 is 0 Å². The van der Waals surface area contributed by atoms with E-state index in [1.807, 2.05) is 35.7 Å². The number of hydrogen-bond donors (Lipinski definition) is 1. The number of nitrogens with one attached hydrogen (secondary N) is 1. The molecule has 0 fully saturated rings. The van der Waals surface area contributed by atoms with Gasteiger partial charge in [-0.15, -0.1) is 11.3 Å². The highest BCUT2D eigenvalue weighted by atomic mass is 32.1. The van der Waals surface area contributed by atoms with Gasteiger partial charge in [0.2, 0.25) is 5.91 Å². The predicted octanol–water partition coefficient (Wildman–Crippen LogP) is 4.93. The fourth-order valence-corrected chi connectivity index (χ4v) is 4.59. The lowest BCUT2D eigenvalue weighted by molar-refractivity contribution is -0.116. The van der Waals surface area contributed by atoms with Crippen molar-refractivity contribution in [2.45, 2.75) is 6.54 Å². The van der Waals surface area contributed by atoms with Gasteiger partial charge < -0.3 is 10.1 Å². The minimum Gasteiger partial charge on any atom is -0.497 e. The third-order valence-corrected chi connectivity index (χ3v) is 6.20. The Labute approximate surface area is 187 Å². The molecule has 7 heteroatoms. The molecule has 5 aromatic rings. The average Bonchev–Trinajstić information content (AvgIpc) is 3.26. The van der Waals surface area contributed by atoms with Crippen LogP contribution in [0.4, 0.5) is 5.69 Å². The molecular formula is C25H19N3O3S. The molecule has 6 nitrogen and oxygen atoms in total. The zero-order chi connectivity index (χ0) is 22.1. The number of ether oxygens (including phenoxy) is 1. The lowest BCUT2D eigenvalue weighted by atomic mass is 10.0. The number of carbonyl (C=O) groups excluding carboxylic acids is 1. The molecule has 0 aliphatic rings. The van der Waals surface area contributed by atoms with Gasteiger partial charge in [0.05, 0.1) is 18.8 Å². The van der Waals surface area contributed by atoms with Gasteiger partial charge in [0.15, 0.2) is 0 Å². The number of amides is 1. The standard InChI is InChI=1S/C25H19N3O3S/c1-31-20-10-8-19(9-11-20)27-22(29)13-28-15-26-24-23(25(28)30)21(14-32-24)18-7-6-16-4-2-3-5-17(16)12-18/h2-12,14-15H,13H2,1H3,(H,27,29). The molecule has 5 rings (SSSR count). The van der Waals surface area contributed by atoms with Crippen LogP contribution in [0, 0.1) is 0 Å². The fourth-order valence-electron chi connectivity index (χ4n) is 3.68. The van der Waals surface area contributed by atoms with Crippen LogP contribution in [0.15, 0.2) is 83.2 Å². The van der Waals surface area contributed by atoms with Crippen LogP contribution >= 0.6 is 11.3 Å². The third kappa shape index (κ3) is 3.74. The highest BCUT2D eigenvalue weighted by Gasteiger charge is 2.15. The number of methoxy groups -OCH3 is 1. The number of anilines is 1. The van der Waals surface area contributed by atoms with Crippen molar-refractivity contribution in [2.24, 2.45) is 0 Å². The van der Waals surface area contributed by atoms with Crippen LogP contribution in [0.2, 0.25) is 0 Å². The van der Waals surface area contributed by atoms with Crippen molar-refractivity contribution in [2.75, 3.05) is 12.4 Å². The van der Waals surface area contributed by atoms with E-state index < -0.39 is 0 Å². The van der Waals surface area contributed by atoms with E-state index in [9.17, 15) is 9.59 Å². The maximum absolute atomic E-state index is 13.3. The predicted molar refractivity (Wildman–Crippen MR) is 128 cm³/mol. The first-order chi connectivity index (χ1) is 15.6. The molecule has 2 aromatic heterocycles. The van der Waals surface area contributed by atoms with Crippen LogP contribution in [0.5, 0.6) is 5.75 Å². The van der Waals surface area contributed by atoms with Gasteiger partial charge in [-0.1, -0.05) is 36.4 Å². The molecule has 0 saturated heterocycles. The van der Waals surface area contributed by atoms with Crippen LogP contribution in [-0.4, -0.2) is 22.6 Å². The molecule has 1 N–H and O–H groups in total. The Kier molecular flexibility index (Phi) is 5.17. The Morgan fingerprint density at radius 2 is 1.84 bits per heavy atom. The number of thiophene rings is 1. The third-order valence-electron chi connectivity index (χ3n) is 5.31. The first-order valence-corrected chi connectivity index (χ1v) is 10.9. The summed E-state index contributed by atoms with van der Waals surface area (Å²) < 4.78 is 6.47. The Hall–Kier alpha value is -3.97. The smallest absolute Gasteiger partial charge is 0.263 e. The molecule has 0 aliphatic heterocycles. The molecule has 0 aliphatic carbocycles. The zero-order valence-corrected chi connectivity index (χ0v) is 18.1. The lowest BCUT2D eigenvalue weighted by Gasteiger charge is -2.09. The summed E-state index contributed by atoms with van der Waals surface area (Å²) in [5.41, 5.74) is 2.18. The first-order valence-electron chi connectivity index (χ1n) is 10.0. The van der Waals surface area contributed by atoms with E-state index in [0.717, 1.165) is 21.9 Å². The summed E-state index contributed by atoms with van der Waals surface area (Å²) in [4.78, 5) is 30.9. The second kappa shape index (κ2) is 8.28. The second-order valence-corrected chi connectivity index (χ2v) is 8.20. The minimum absolute atomic E-state index is 0.124. The molecule has 0 spiro atoms. The monoisotopic (exact) mass is 441 g/mol. The number of rotatable bonds is 5. The van der Waals surface area contributed by atoms with E-state index >= 15 is 0 Å². The maximum Gasteiger partial charge on any atom is 0.263 e. The zero-order valence-electron chi connectivity index (χ0n) is 17.2. The molecule has 0 saturated carbocycles. The van der Waals surface area contributed by atoms with Crippen LogP contribution in [0.25, 0.3) is 32.1 Å². The summed E-state index contributed by atoms with van der Waals surface area (Å²) in [5.74, 6) is 0.397. The second-order valence-electron chi connectivity index (χ2n) is 7.35. The highest BCUT2D eigenvalue weighted by molar-refractivity contribution is 7.17. The Morgan fingerprint density at radius 3 is 2.62 bits per heavy atom. The molecule has 2 heterocycles. The summed E-state index contributed by atoms with van der Waals surface area (Å²) in [6.07, 6.45) is 1.43. The first kappa shape index (κ1) is 20.0. The van der Waals surface area contributed by atoms with E-state index in [1.54, 1.807) is 31.4 Å². The van der Waals surface area contributed by atoms with Crippen molar-refractivity contribution < 1.29 is 9.53 Å². The topological polar surface area (TPSA) is 73.2 Å². The summed E-state index contributed by atoms with van der Waals surface area (Å²) in [7, 11) is 1.58. The maximum atomic E-state index is 13.3. The van der Waals surface area contributed by atoms with E-state index in [2.05, 4.69) is 22.4 Å². The fraction of sp³-hybridized carbons (Fsp3) is 0.0800. The van der Waals surface area contributed by atoms with E-state index in [4.69, 9.17) is 4.74 Å². The van der Waals surface area contributed by atoms with E-state index in [1.165, 1.54) is 22.2 Å². The largest absolute Gasteiger partial charge is 0.497 e. The summed E-state index contributed by atoms with van der Waals surface area (Å²) >= 11 is 1.43. The van der Waals surface area contributed by atoms with Crippen molar-refractivity contribution in [3.05, 3.63) is 88.8 Å². The van der Waals surface area contributed by atoms with E-state index in [0.29, 0.717) is 21.7 Å². The van der Waals surface area contributed by atoms with Gasteiger partial charge in [-0.25, -0.2) is 4.98 Å². The molecule has 1 amide bonds. The van der Waals surface area contributed by atoms with Crippen LogP contribution < -0.4 is 15.6 Å². The van der Waals surface area contributed by atoms with Crippen molar-refractivity contribution in [3.63, 3.8) is 0 Å². The summed E-state index contributed by atoms with van der Waals surface area (Å²) in [6, 6.07) is 21.2. The summed E-state index contributed by atoms with van der Waals surface area (Å²) in [5, 5.41) is 7.52. The molecule has 3 aromatic carbocycles. The van der Waals surface area contributed by atoms with Gasteiger partial charge in [0.25, 0.3) is 5.56 Å². The van der Waals surface area contributed by atoms with Crippen molar-refractivity contribution >= 4 is 43.9 Å². The van der Waals surface area contributed by atoms with Gasteiger partial charge in [-0.3, -0.25) is 14.2 Å². The Balaban J connectivity index is 1.46. The lowest BCUT2D eigenvalue weighted by Crippen LogP contribution is -2.27. The van der Waals surface area contributed by atoms with E-state index in [-0.39, 0.29) is 18.0 Å². The van der Waals surface area contributed by atoms with Crippen molar-refractivity contribution in [3.8, 4) is 16.9 Å². The quantitative estimate of drug-likeness (QED) is 0.420. The normalized spacial score (nSPS) is 11.0. The average molecular weight is 442 g/mol. The van der Waals surface area contributed by atoms with Gasteiger partial charge in [0.1, 0.15) is 17.1 Å². The Bertz CT molecular complexity index is 1500. The molecule has 0 unspecified atom stereocenters.